The fraction of sp³-hybridized carbons (Fsp3) is 0.158. The monoisotopic (exact) mass is 337 g/mol. The van der Waals surface area contributed by atoms with Gasteiger partial charge in [0.05, 0.1) is 0 Å². The summed E-state index contributed by atoms with van der Waals surface area (Å²) in [5.74, 6) is -0.191. The van der Waals surface area contributed by atoms with Gasteiger partial charge in [0.2, 0.25) is 0 Å². The molecule has 3 aromatic rings. The first-order chi connectivity index (χ1) is 10.1. The minimum Gasteiger partial charge on any atom is -0.313 e. The van der Waals surface area contributed by atoms with Gasteiger partial charge in [0.1, 0.15) is 5.82 Å². The Kier molecular flexibility index (Phi) is 7.83. The molecular formula is C19H20FFeN. The molecule has 0 N–H and O–H groups in total. The van der Waals surface area contributed by atoms with Crippen LogP contribution in [-0.4, -0.2) is 19.0 Å². The molecule has 0 saturated heterocycles. The Bertz CT molecular complexity index is 607. The Morgan fingerprint density at radius 2 is 1.68 bits per heavy atom. The Morgan fingerprint density at radius 3 is 2.18 bits per heavy atom. The van der Waals surface area contributed by atoms with Crippen molar-refractivity contribution >= 4 is 0 Å². The van der Waals surface area contributed by atoms with Crippen molar-refractivity contribution in [3.8, 4) is 11.1 Å². The van der Waals surface area contributed by atoms with Crippen LogP contribution in [0.3, 0.4) is 0 Å². The van der Waals surface area contributed by atoms with Crippen molar-refractivity contribution in [1.29, 1.82) is 0 Å². The third-order valence-electron chi connectivity index (χ3n) is 3.05. The largest absolute Gasteiger partial charge is 2.00 e. The van der Waals surface area contributed by atoms with Crippen LogP contribution < -0.4 is 0 Å². The molecule has 0 fully saturated rings. The van der Waals surface area contributed by atoms with E-state index < -0.39 is 0 Å². The molecule has 0 radical (unpaired) electrons. The summed E-state index contributed by atoms with van der Waals surface area (Å²) in [5, 5.41) is 0. The molecule has 116 valence electrons. The van der Waals surface area contributed by atoms with E-state index in [-0.39, 0.29) is 22.9 Å². The summed E-state index contributed by atoms with van der Waals surface area (Å²) < 4.78 is 12.8. The summed E-state index contributed by atoms with van der Waals surface area (Å²) in [4.78, 5) is 2.13. The summed E-state index contributed by atoms with van der Waals surface area (Å²) in [6, 6.07) is 22.9. The van der Waals surface area contributed by atoms with Crippen LogP contribution in [0.4, 0.5) is 4.39 Å². The summed E-state index contributed by atoms with van der Waals surface area (Å²) in [6.07, 6.45) is 0. The van der Waals surface area contributed by atoms with Crippen molar-refractivity contribution in [2.75, 3.05) is 14.1 Å². The smallest absolute Gasteiger partial charge is 0.313 e. The first kappa shape index (κ1) is 18.4. The molecule has 0 bridgehead atoms. The normalized spacial score (nSPS) is 9.82. The van der Waals surface area contributed by atoms with E-state index >= 15 is 0 Å². The van der Waals surface area contributed by atoms with Crippen molar-refractivity contribution in [3.05, 3.63) is 84.2 Å². The molecule has 0 aromatic heterocycles. The minimum atomic E-state index is -0.191. The number of halogens is 1. The zero-order valence-electron chi connectivity index (χ0n) is 12.8. The summed E-state index contributed by atoms with van der Waals surface area (Å²) in [5.41, 5.74) is 3.49. The fourth-order valence-corrected chi connectivity index (χ4v) is 2.10. The van der Waals surface area contributed by atoms with Crippen LogP contribution in [0, 0.1) is 5.82 Å². The van der Waals surface area contributed by atoms with Crippen LogP contribution >= 0.6 is 0 Å². The zero-order chi connectivity index (χ0) is 15.1. The van der Waals surface area contributed by atoms with Crippen LogP contribution in [-0.2, 0) is 23.6 Å². The average Bonchev–Trinajstić information content (AvgIpc) is 3.12. The Morgan fingerprint density at radius 1 is 1.05 bits per heavy atom. The SMILES string of the molecule is CN(C)Cc1cc[c-](-c2ccc(F)cc2)c1.[Fe+2].c1cc[cH-]c1. The molecule has 3 heteroatoms. The van der Waals surface area contributed by atoms with E-state index in [0.717, 1.165) is 17.7 Å². The van der Waals surface area contributed by atoms with Gasteiger partial charge in [0.25, 0.3) is 0 Å². The van der Waals surface area contributed by atoms with Gasteiger partial charge in [0, 0.05) is 0 Å². The molecule has 3 rings (SSSR count). The minimum absolute atomic E-state index is 0. The number of rotatable bonds is 3. The van der Waals surface area contributed by atoms with Crippen molar-refractivity contribution < 1.29 is 21.5 Å². The van der Waals surface area contributed by atoms with Crippen LogP contribution in [0.1, 0.15) is 5.56 Å². The molecular weight excluding hydrogens is 317 g/mol. The molecule has 0 aliphatic rings. The van der Waals surface area contributed by atoms with Gasteiger partial charge in [0.15, 0.2) is 0 Å². The van der Waals surface area contributed by atoms with E-state index in [1.165, 1.54) is 17.7 Å². The van der Waals surface area contributed by atoms with Gasteiger partial charge >= 0.3 is 17.1 Å². The topological polar surface area (TPSA) is 3.24 Å². The molecule has 22 heavy (non-hydrogen) atoms. The molecule has 0 atom stereocenters. The van der Waals surface area contributed by atoms with Crippen LogP contribution in [0.25, 0.3) is 11.1 Å². The van der Waals surface area contributed by atoms with Gasteiger partial charge in [-0.05, 0) is 20.6 Å². The molecule has 0 heterocycles. The number of hydrogen-bond donors (Lipinski definition) is 0. The van der Waals surface area contributed by atoms with Gasteiger partial charge in [-0.15, -0.1) is 41.5 Å². The van der Waals surface area contributed by atoms with E-state index in [1.54, 1.807) is 0 Å². The van der Waals surface area contributed by atoms with Crippen molar-refractivity contribution in [2.24, 2.45) is 0 Å². The van der Waals surface area contributed by atoms with Gasteiger partial charge < -0.3 is 4.90 Å². The van der Waals surface area contributed by atoms with Gasteiger partial charge in [-0.1, -0.05) is 17.7 Å². The van der Waals surface area contributed by atoms with E-state index in [9.17, 15) is 4.39 Å². The Labute approximate surface area is 142 Å². The number of hydrogen-bond acceptors (Lipinski definition) is 1. The second-order valence-corrected chi connectivity index (χ2v) is 5.21. The molecule has 0 amide bonds. The van der Waals surface area contributed by atoms with E-state index in [0.29, 0.717) is 0 Å². The van der Waals surface area contributed by atoms with Crippen LogP contribution in [0.2, 0.25) is 0 Å². The second kappa shape index (κ2) is 9.37. The number of nitrogens with zero attached hydrogens (tertiary/aromatic N) is 1. The maximum Gasteiger partial charge on any atom is 2.00 e. The molecule has 0 aliphatic heterocycles. The van der Waals surface area contributed by atoms with Crippen LogP contribution in [0.15, 0.2) is 72.8 Å². The predicted octanol–water partition coefficient (Wildman–Crippen LogP) is 4.68. The molecule has 0 saturated carbocycles. The molecule has 0 aliphatic carbocycles. The van der Waals surface area contributed by atoms with Gasteiger partial charge in [-0.2, -0.15) is 18.2 Å². The van der Waals surface area contributed by atoms with Crippen molar-refractivity contribution in [3.63, 3.8) is 0 Å². The molecule has 0 spiro atoms. The van der Waals surface area contributed by atoms with Crippen LogP contribution in [0.5, 0.6) is 0 Å². The first-order valence-electron chi connectivity index (χ1n) is 6.98. The van der Waals surface area contributed by atoms with E-state index in [4.69, 9.17) is 0 Å². The molecule has 1 nitrogen and oxygen atoms in total. The second-order valence-electron chi connectivity index (χ2n) is 5.21. The van der Waals surface area contributed by atoms with E-state index in [2.05, 4.69) is 23.1 Å². The average molecular weight is 337 g/mol. The Hall–Kier alpha value is -1.67. The third kappa shape index (κ3) is 5.98. The van der Waals surface area contributed by atoms with Gasteiger partial charge in [-0.25, -0.2) is 16.5 Å². The summed E-state index contributed by atoms with van der Waals surface area (Å²) >= 11 is 0. The maximum atomic E-state index is 12.8. The standard InChI is InChI=1S/C14H15FN.C5H5.Fe/c1-16(2)10-11-3-4-13(9-11)12-5-7-14(15)8-6-12;1-2-4-5-3-1;/h3-9H,10H2,1-2H3;1-5H;/q2*-1;+2. The van der Waals surface area contributed by atoms with Crippen molar-refractivity contribution in [2.45, 2.75) is 6.54 Å². The van der Waals surface area contributed by atoms with Gasteiger partial charge in [-0.3, -0.25) is 0 Å². The predicted molar refractivity (Wildman–Crippen MR) is 86.9 cm³/mol. The quantitative estimate of drug-likeness (QED) is 0.496. The third-order valence-corrected chi connectivity index (χ3v) is 3.05. The van der Waals surface area contributed by atoms with E-state index in [1.807, 2.05) is 56.6 Å². The maximum absolute atomic E-state index is 12.8. The zero-order valence-corrected chi connectivity index (χ0v) is 13.9. The summed E-state index contributed by atoms with van der Waals surface area (Å²) in [6.45, 7) is 0.932. The van der Waals surface area contributed by atoms with Crippen molar-refractivity contribution in [1.82, 2.24) is 4.90 Å². The molecule has 0 unspecified atom stereocenters. The molecule has 3 aromatic carbocycles. The Balaban J connectivity index is 0.000000344. The number of benzene rings is 1. The fourth-order valence-electron chi connectivity index (χ4n) is 2.10. The first-order valence-corrected chi connectivity index (χ1v) is 6.98. The summed E-state index contributed by atoms with van der Waals surface area (Å²) in [7, 11) is 4.09.